The maximum Gasteiger partial charge on any atom is 0.323 e. The number of rotatable bonds is 5. The van der Waals surface area contributed by atoms with E-state index in [-0.39, 0.29) is 11.9 Å². The molecule has 0 aliphatic heterocycles. The number of anilines is 3. The third-order valence-electron chi connectivity index (χ3n) is 5.06. The minimum atomic E-state index is -0.357. The van der Waals surface area contributed by atoms with Crippen LogP contribution in [0, 0.1) is 20.8 Å². The summed E-state index contributed by atoms with van der Waals surface area (Å²) in [5.74, 6) is -0.213. The molecule has 3 N–H and O–H groups in total. The van der Waals surface area contributed by atoms with Crippen molar-refractivity contribution in [2.75, 3.05) is 16.0 Å². The fraction of sp³-hybridized carbons (Fsp3) is 0.125. The lowest BCUT2D eigenvalue weighted by atomic mass is 10.1. The number of aromatic nitrogens is 2. The molecule has 0 unspecified atom stereocenters. The summed E-state index contributed by atoms with van der Waals surface area (Å²) in [7, 11) is 0. The van der Waals surface area contributed by atoms with E-state index in [0.717, 1.165) is 22.1 Å². The molecule has 3 amide bonds. The van der Waals surface area contributed by atoms with Gasteiger partial charge in [0.1, 0.15) is 0 Å². The van der Waals surface area contributed by atoms with E-state index in [1.54, 1.807) is 18.3 Å². The molecule has 32 heavy (non-hydrogen) atoms. The maximum absolute atomic E-state index is 13.1. The first-order valence-electron chi connectivity index (χ1n) is 10.1. The molecule has 7 nitrogen and oxygen atoms in total. The van der Waals surface area contributed by atoms with Gasteiger partial charge in [0, 0.05) is 40.0 Å². The van der Waals surface area contributed by atoms with Crippen LogP contribution in [0.15, 0.2) is 66.2 Å². The minimum Gasteiger partial charge on any atom is -0.322 e. The van der Waals surface area contributed by atoms with Gasteiger partial charge in [-0.1, -0.05) is 24.3 Å². The van der Waals surface area contributed by atoms with Crippen LogP contribution in [0.4, 0.5) is 21.9 Å². The normalized spacial score (nSPS) is 10.6. The first-order chi connectivity index (χ1) is 15.4. The number of hydrogen-bond donors (Lipinski definition) is 3. The summed E-state index contributed by atoms with van der Waals surface area (Å²) in [4.78, 5) is 29.7. The van der Waals surface area contributed by atoms with E-state index in [0.29, 0.717) is 22.6 Å². The summed E-state index contributed by atoms with van der Waals surface area (Å²) in [6.45, 7) is 5.76. The zero-order valence-corrected chi connectivity index (χ0v) is 18.8. The summed E-state index contributed by atoms with van der Waals surface area (Å²) in [5, 5.41) is 11.3. The van der Waals surface area contributed by atoms with Crippen LogP contribution < -0.4 is 16.0 Å². The smallest absolute Gasteiger partial charge is 0.322 e. The number of amides is 3. The standard InChI is InChI=1S/C24H23N5O2S/c1-15-9-10-19(27-23(31)26-18-7-5-4-6-8-18)14-21(15)28-22(30)20-13-16(2)29(17(20)3)24-25-11-12-32-24/h4-14H,1-3H3,(H,28,30)(H2,26,27,31). The van der Waals surface area contributed by atoms with Crippen molar-refractivity contribution in [1.29, 1.82) is 0 Å². The summed E-state index contributed by atoms with van der Waals surface area (Å²) in [5.41, 5.74) is 5.13. The van der Waals surface area contributed by atoms with Crippen molar-refractivity contribution >= 4 is 40.3 Å². The van der Waals surface area contributed by atoms with E-state index in [2.05, 4.69) is 20.9 Å². The fourth-order valence-corrected chi connectivity index (χ4v) is 4.20. The Morgan fingerprint density at radius 3 is 2.38 bits per heavy atom. The van der Waals surface area contributed by atoms with Crippen molar-refractivity contribution in [3.63, 3.8) is 0 Å². The number of para-hydroxylation sites is 1. The number of carbonyl (C=O) groups is 2. The van der Waals surface area contributed by atoms with E-state index in [4.69, 9.17) is 0 Å². The number of hydrogen-bond acceptors (Lipinski definition) is 4. The van der Waals surface area contributed by atoms with Crippen molar-refractivity contribution in [2.24, 2.45) is 0 Å². The van der Waals surface area contributed by atoms with Crippen LogP contribution in [0.5, 0.6) is 0 Å². The van der Waals surface area contributed by atoms with Gasteiger partial charge in [0.2, 0.25) is 0 Å². The minimum absolute atomic E-state index is 0.213. The number of aryl methyl sites for hydroxylation is 2. The molecule has 0 atom stereocenters. The molecule has 2 aromatic heterocycles. The first-order valence-corrected chi connectivity index (χ1v) is 10.9. The van der Waals surface area contributed by atoms with Crippen LogP contribution in [0.2, 0.25) is 0 Å². The van der Waals surface area contributed by atoms with Crippen LogP contribution in [0.25, 0.3) is 5.13 Å². The summed E-state index contributed by atoms with van der Waals surface area (Å²) in [6.07, 6.45) is 1.74. The molecule has 4 aromatic rings. The highest BCUT2D eigenvalue weighted by Crippen LogP contribution is 2.25. The summed E-state index contributed by atoms with van der Waals surface area (Å²) in [6, 6.07) is 16.1. The largest absolute Gasteiger partial charge is 0.323 e. The molecule has 0 saturated heterocycles. The average molecular weight is 446 g/mol. The molecule has 0 fully saturated rings. The summed E-state index contributed by atoms with van der Waals surface area (Å²) < 4.78 is 1.97. The molecule has 2 heterocycles. The van der Waals surface area contributed by atoms with Gasteiger partial charge in [-0.3, -0.25) is 9.36 Å². The third kappa shape index (κ3) is 4.55. The highest BCUT2D eigenvalue weighted by molar-refractivity contribution is 7.12. The molecule has 0 aliphatic rings. The number of carbonyl (C=O) groups excluding carboxylic acids is 2. The van der Waals surface area contributed by atoms with Gasteiger partial charge in [-0.15, -0.1) is 11.3 Å². The molecule has 8 heteroatoms. The first kappa shape index (κ1) is 21.3. The van der Waals surface area contributed by atoms with Crippen LogP contribution in [-0.4, -0.2) is 21.5 Å². The van der Waals surface area contributed by atoms with Gasteiger partial charge in [-0.05, 0) is 56.7 Å². The van der Waals surface area contributed by atoms with Gasteiger partial charge < -0.3 is 16.0 Å². The molecular formula is C24H23N5O2S. The molecule has 4 rings (SSSR count). The Kier molecular flexibility index (Phi) is 6.04. The van der Waals surface area contributed by atoms with E-state index in [1.165, 1.54) is 11.3 Å². The van der Waals surface area contributed by atoms with Crippen LogP contribution in [0.1, 0.15) is 27.3 Å². The van der Waals surface area contributed by atoms with Gasteiger partial charge in [-0.25, -0.2) is 9.78 Å². The number of benzene rings is 2. The second-order valence-corrected chi connectivity index (χ2v) is 8.24. The Balaban J connectivity index is 1.50. The second kappa shape index (κ2) is 9.07. The van der Waals surface area contributed by atoms with Crippen LogP contribution in [0.3, 0.4) is 0 Å². The van der Waals surface area contributed by atoms with E-state index in [1.807, 2.05) is 73.2 Å². The van der Waals surface area contributed by atoms with Crippen molar-refractivity contribution in [3.8, 4) is 5.13 Å². The molecule has 0 aliphatic carbocycles. The lowest BCUT2D eigenvalue weighted by Gasteiger charge is -2.12. The number of nitrogens with one attached hydrogen (secondary N) is 3. The Labute approximate surface area is 190 Å². The molecule has 162 valence electrons. The maximum atomic E-state index is 13.1. The Morgan fingerprint density at radius 1 is 0.906 bits per heavy atom. The lowest BCUT2D eigenvalue weighted by molar-refractivity contribution is 0.102. The van der Waals surface area contributed by atoms with Crippen molar-refractivity contribution < 1.29 is 9.59 Å². The Hall–Kier alpha value is -3.91. The topological polar surface area (TPSA) is 88.0 Å². The van der Waals surface area contributed by atoms with E-state index in [9.17, 15) is 9.59 Å². The quantitative estimate of drug-likeness (QED) is 0.365. The SMILES string of the molecule is Cc1ccc(NC(=O)Nc2ccccc2)cc1NC(=O)c1cc(C)n(-c2nccs2)c1C. The summed E-state index contributed by atoms with van der Waals surface area (Å²) >= 11 is 1.52. The highest BCUT2D eigenvalue weighted by Gasteiger charge is 2.18. The predicted molar refractivity (Wildman–Crippen MR) is 129 cm³/mol. The Bertz CT molecular complexity index is 1260. The van der Waals surface area contributed by atoms with Gasteiger partial charge in [-0.2, -0.15) is 0 Å². The number of urea groups is 1. The van der Waals surface area contributed by atoms with Crippen LogP contribution >= 0.6 is 11.3 Å². The highest BCUT2D eigenvalue weighted by atomic mass is 32.1. The molecular weight excluding hydrogens is 422 g/mol. The third-order valence-corrected chi connectivity index (χ3v) is 5.82. The number of thiazole rings is 1. The zero-order chi connectivity index (χ0) is 22.7. The molecule has 0 spiro atoms. The zero-order valence-electron chi connectivity index (χ0n) is 18.0. The van der Waals surface area contributed by atoms with Gasteiger partial charge >= 0.3 is 6.03 Å². The lowest BCUT2D eigenvalue weighted by Crippen LogP contribution is -2.20. The van der Waals surface area contributed by atoms with E-state index < -0.39 is 0 Å². The molecule has 0 saturated carbocycles. The predicted octanol–water partition coefficient (Wildman–Crippen LogP) is 5.76. The monoisotopic (exact) mass is 445 g/mol. The van der Waals surface area contributed by atoms with Crippen LogP contribution in [-0.2, 0) is 0 Å². The number of nitrogens with zero attached hydrogens (tertiary/aromatic N) is 2. The second-order valence-electron chi connectivity index (χ2n) is 7.36. The van der Waals surface area contributed by atoms with Gasteiger partial charge in [0.05, 0.1) is 5.56 Å². The fourth-order valence-electron chi connectivity index (χ4n) is 3.45. The van der Waals surface area contributed by atoms with Crippen molar-refractivity contribution in [1.82, 2.24) is 9.55 Å². The van der Waals surface area contributed by atoms with Gasteiger partial charge in [0.15, 0.2) is 5.13 Å². The molecule has 0 bridgehead atoms. The molecule has 2 aromatic carbocycles. The van der Waals surface area contributed by atoms with Crippen molar-refractivity contribution in [2.45, 2.75) is 20.8 Å². The Morgan fingerprint density at radius 2 is 1.66 bits per heavy atom. The van der Waals surface area contributed by atoms with Gasteiger partial charge in [0.25, 0.3) is 5.91 Å². The average Bonchev–Trinajstić information content (AvgIpc) is 3.38. The molecule has 0 radical (unpaired) electrons. The van der Waals surface area contributed by atoms with Crippen molar-refractivity contribution in [3.05, 3.63) is 88.7 Å². The van der Waals surface area contributed by atoms with E-state index >= 15 is 0 Å².